The lowest BCUT2D eigenvalue weighted by Gasteiger charge is -2.44. The summed E-state index contributed by atoms with van der Waals surface area (Å²) in [7, 11) is 0. The Labute approximate surface area is 148 Å². The number of rotatable bonds is 3. The van der Waals surface area contributed by atoms with Crippen molar-refractivity contribution in [3.8, 4) is 0 Å². The molecule has 4 rings (SSSR count). The molecule has 2 aliphatic rings. The van der Waals surface area contributed by atoms with E-state index in [1.54, 1.807) is 0 Å². The van der Waals surface area contributed by atoms with Gasteiger partial charge in [0.2, 0.25) is 0 Å². The van der Waals surface area contributed by atoms with Crippen molar-refractivity contribution >= 4 is 11.7 Å². The molecular weight excluding hydrogens is 312 g/mol. The van der Waals surface area contributed by atoms with Crippen molar-refractivity contribution < 1.29 is 9.53 Å². The summed E-state index contributed by atoms with van der Waals surface area (Å²) in [6.07, 6.45) is 9.81. The van der Waals surface area contributed by atoms with Crippen LogP contribution >= 0.6 is 0 Å². The molecule has 1 fully saturated rings. The Morgan fingerprint density at radius 1 is 1.12 bits per heavy atom. The normalized spacial score (nSPS) is 22.2. The predicted octanol–water partition coefficient (Wildman–Crippen LogP) is 4.43. The molecule has 1 aromatic carbocycles. The number of amides is 1. The minimum Gasteiger partial charge on any atom is -0.445 e. The Morgan fingerprint density at radius 2 is 1.92 bits per heavy atom. The first-order valence-corrected chi connectivity index (χ1v) is 8.91. The third-order valence-electron chi connectivity index (χ3n) is 5.10. The maximum absolute atomic E-state index is 12.7. The molecule has 0 spiro atoms. The third kappa shape index (κ3) is 3.43. The van der Waals surface area contributed by atoms with Crippen molar-refractivity contribution in [1.29, 1.82) is 0 Å². The Kier molecular flexibility index (Phi) is 4.51. The van der Waals surface area contributed by atoms with Gasteiger partial charge in [-0.3, -0.25) is 9.88 Å². The van der Waals surface area contributed by atoms with Gasteiger partial charge in [-0.25, -0.2) is 4.79 Å². The maximum atomic E-state index is 12.7. The van der Waals surface area contributed by atoms with Gasteiger partial charge in [-0.05, 0) is 54.5 Å². The average Bonchev–Trinajstić information content (AvgIpc) is 2.66. The van der Waals surface area contributed by atoms with Gasteiger partial charge in [0, 0.05) is 18.4 Å². The van der Waals surface area contributed by atoms with E-state index in [1.165, 1.54) is 11.1 Å². The Hall–Kier alpha value is -2.62. The molecule has 128 valence electrons. The summed E-state index contributed by atoms with van der Waals surface area (Å²) in [6.45, 7) is 0.330. The van der Waals surface area contributed by atoms with E-state index in [0.29, 0.717) is 6.61 Å². The van der Waals surface area contributed by atoms with E-state index in [4.69, 9.17) is 4.74 Å². The van der Waals surface area contributed by atoms with Crippen LogP contribution in [0, 0.1) is 0 Å². The molecule has 0 N–H and O–H groups in total. The second-order valence-corrected chi connectivity index (χ2v) is 6.73. The first-order valence-electron chi connectivity index (χ1n) is 8.91. The van der Waals surface area contributed by atoms with Gasteiger partial charge < -0.3 is 4.74 Å². The number of hydrogen-bond acceptors (Lipinski definition) is 3. The van der Waals surface area contributed by atoms with Crippen molar-refractivity contribution in [3.63, 3.8) is 0 Å². The number of benzene rings is 1. The topological polar surface area (TPSA) is 42.4 Å². The molecule has 1 saturated heterocycles. The number of carbonyl (C=O) groups excluding carboxylic acids is 1. The summed E-state index contributed by atoms with van der Waals surface area (Å²) < 4.78 is 5.59. The molecule has 1 aromatic heterocycles. The van der Waals surface area contributed by atoms with Gasteiger partial charge in [-0.15, -0.1) is 0 Å². The summed E-state index contributed by atoms with van der Waals surface area (Å²) in [5.41, 5.74) is 3.56. The zero-order valence-electron chi connectivity index (χ0n) is 14.2. The van der Waals surface area contributed by atoms with E-state index < -0.39 is 0 Å². The first kappa shape index (κ1) is 15.9. The van der Waals surface area contributed by atoms with Crippen LogP contribution in [0.3, 0.4) is 0 Å². The van der Waals surface area contributed by atoms with E-state index in [2.05, 4.69) is 11.1 Å². The van der Waals surface area contributed by atoms with Crippen LogP contribution < -0.4 is 0 Å². The summed E-state index contributed by atoms with van der Waals surface area (Å²) in [5.74, 6) is 0. The van der Waals surface area contributed by atoms with Gasteiger partial charge in [0.15, 0.2) is 0 Å². The molecular formula is C21H22N2O2. The fraction of sp³-hybridized carbons (Fsp3) is 0.333. The molecule has 4 nitrogen and oxygen atoms in total. The molecule has 2 unspecified atom stereocenters. The van der Waals surface area contributed by atoms with E-state index in [9.17, 15) is 4.79 Å². The van der Waals surface area contributed by atoms with E-state index in [-0.39, 0.29) is 18.2 Å². The summed E-state index contributed by atoms with van der Waals surface area (Å²) in [4.78, 5) is 18.7. The average molecular weight is 334 g/mol. The Bertz CT molecular complexity index is 758. The fourth-order valence-corrected chi connectivity index (χ4v) is 3.89. The van der Waals surface area contributed by atoms with Gasteiger partial charge in [-0.2, -0.15) is 0 Å². The van der Waals surface area contributed by atoms with Crippen molar-refractivity contribution in [2.45, 2.75) is 44.4 Å². The van der Waals surface area contributed by atoms with Crippen molar-refractivity contribution in [2.75, 3.05) is 0 Å². The SMILES string of the molecule is O=C(OCc1ccccc1)N1C2C=C(c3ccncc3)CC1CCC2. The minimum absolute atomic E-state index is 0.138. The van der Waals surface area contributed by atoms with Gasteiger partial charge >= 0.3 is 6.09 Å². The highest BCUT2D eigenvalue weighted by molar-refractivity contribution is 5.74. The minimum atomic E-state index is -0.191. The zero-order valence-corrected chi connectivity index (χ0v) is 14.2. The third-order valence-corrected chi connectivity index (χ3v) is 5.10. The quantitative estimate of drug-likeness (QED) is 0.834. The summed E-state index contributed by atoms with van der Waals surface area (Å²) in [5, 5.41) is 0. The van der Waals surface area contributed by atoms with Crippen molar-refractivity contribution in [1.82, 2.24) is 9.88 Å². The number of ether oxygens (including phenoxy) is 1. The Morgan fingerprint density at radius 3 is 2.68 bits per heavy atom. The molecule has 3 heterocycles. The first-order chi connectivity index (χ1) is 12.3. The number of nitrogens with zero attached hydrogens (tertiary/aromatic N) is 2. The van der Waals surface area contributed by atoms with Crippen LogP contribution in [0.25, 0.3) is 5.57 Å². The van der Waals surface area contributed by atoms with Crippen LogP contribution in [0.4, 0.5) is 4.79 Å². The van der Waals surface area contributed by atoms with E-state index in [1.807, 2.05) is 59.8 Å². The molecule has 2 aromatic rings. The molecule has 1 amide bonds. The summed E-state index contributed by atoms with van der Waals surface area (Å²) >= 11 is 0. The van der Waals surface area contributed by atoms with Crippen LogP contribution in [-0.4, -0.2) is 28.1 Å². The zero-order chi connectivity index (χ0) is 17.1. The van der Waals surface area contributed by atoms with Crippen LogP contribution in [0.2, 0.25) is 0 Å². The molecule has 2 aliphatic heterocycles. The second kappa shape index (κ2) is 7.09. The molecule has 2 atom stereocenters. The number of pyridine rings is 1. The maximum Gasteiger partial charge on any atom is 0.410 e. The molecule has 0 radical (unpaired) electrons. The molecule has 4 heteroatoms. The largest absolute Gasteiger partial charge is 0.445 e. The van der Waals surface area contributed by atoms with Gasteiger partial charge in [0.1, 0.15) is 6.61 Å². The predicted molar refractivity (Wildman–Crippen MR) is 96.7 cm³/mol. The number of fused-ring (bicyclic) bond motifs is 2. The van der Waals surface area contributed by atoms with Crippen LogP contribution in [-0.2, 0) is 11.3 Å². The van der Waals surface area contributed by atoms with Crippen LogP contribution in [0.5, 0.6) is 0 Å². The van der Waals surface area contributed by atoms with Gasteiger partial charge in [0.05, 0.1) is 6.04 Å². The van der Waals surface area contributed by atoms with Crippen LogP contribution in [0.1, 0.15) is 36.8 Å². The van der Waals surface area contributed by atoms with Crippen molar-refractivity contribution in [2.24, 2.45) is 0 Å². The van der Waals surface area contributed by atoms with Crippen LogP contribution in [0.15, 0.2) is 60.9 Å². The Balaban J connectivity index is 1.49. The van der Waals surface area contributed by atoms with Gasteiger partial charge in [-0.1, -0.05) is 36.4 Å². The number of carbonyl (C=O) groups is 1. The molecule has 2 bridgehead atoms. The number of hydrogen-bond donors (Lipinski definition) is 0. The summed E-state index contributed by atoms with van der Waals surface area (Å²) in [6, 6.07) is 14.3. The molecule has 25 heavy (non-hydrogen) atoms. The lowest BCUT2D eigenvalue weighted by atomic mass is 9.83. The lowest BCUT2D eigenvalue weighted by Crippen LogP contribution is -2.51. The lowest BCUT2D eigenvalue weighted by molar-refractivity contribution is 0.0510. The monoisotopic (exact) mass is 334 g/mol. The smallest absolute Gasteiger partial charge is 0.410 e. The second-order valence-electron chi connectivity index (χ2n) is 6.73. The highest BCUT2D eigenvalue weighted by atomic mass is 16.6. The molecule has 0 saturated carbocycles. The fourth-order valence-electron chi connectivity index (χ4n) is 3.89. The highest BCUT2D eigenvalue weighted by Gasteiger charge is 2.38. The van der Waals surface area contributed by atoms with E-state index in [0.717, 1.165) is 31.2 Å². The molecule has 0 aliphatic carbocycles. The van der Waals surface area contributed by atoms with Crippen molar-refractivity contribution in [3.05, 3.63) is 72.1 Å². The standard InChI is InChI=1S/C21H22N2O2/c24-21(25-15-16-5-2-1-3-6-16)23-19-7-4-8-20(23)14-18(13-19)17-9-11-22-12-10-17/h1-3,5-6,9-13,19-20H,4,7-8,14-15H2. The van der Waals surface area contributed by atoms with E-state index >= 15 is 0 Å². The van der Waals surface area contributed by atoms with Gasteiger partial charge in [0.25, 0.3) is 0 Å². The number of piperidine rings is 1. The number of aromatic nitrogens is 1. The highest BCUT2D eigenvalue weighted by Crippen LogP contribution is 2.37.